The van der Waals surface area contributed by atoms with Crippen molar-refractivity contribution in [3.8, 4) is 50.6 Å². The summed E-state index contributed by atoms with van der Waals surface area (Å²) >= 11 is 0. The quantitative estimate of drug-likeness (QED) is 0.249. The van der Waals surface area contributed by atoms with Gasteiger partial charge in [-0.25, -0.2) is 9.97 Å². The van der Waals surface area contributed by atoms with Gasteiger partial charge in [0.15, 0.2) is 0 Å². The van der Waals surface area contributed by atoms with Crippen molar-refractivity contribution in [3.05, 3.63) is 104 Å². The Bertz CT molecular complexity index is 1470. The molecular formula is C32H30ClN5O. The Balaban J connectivity index is 0.00000308. The highest BCUT2D eigenvalue weighted by atomic mass is 35.5. The molecule has 6 rings (SSSR count). The summed E-state index contributed by atoms with van der Waals surface area (Å²) in [6.07, 6.45) is 11.3. The first-order valence-electron chi connectivity index (χ1n) is 13.1. The van der Waals surface area contributed by atoms with E-state index in [2.05, 4.69) is 75.9 Å². The summed E-state index contributed by atoms with van der Waals surface area (Å²) < 4.78 is 6.15. The smallest absolute Gasteiger partial charge is 0.232 e. The second-order valence-electron chi connectivity index (χ2n) is 9.55. The number of pyridine rings is 2. The van der Waals surface area contributed by atoms with Crippen LogP contribution < -0.4 is 10.1 Å². The minimum Gasteiger partial charge on any atom is -0.476 e. The van der Waals surface area contributed by atoms with E-state index in [4.69, 9.17) is 14.7 Å². The van der Waals surface area contributed by atoms with E-state index < -0.39 is 0 Å². The second kappa shape index (κ2) is 12.6. The van der Waals surface area contributed by atoms with Crippen LogP contribution in [0.4, 0.5) is 0 Å². The lowest BCUT2D eigenvalue weighted by Gasteiger charge is -2.22. The van der Waals surface area contributed by atoms with Gasteiger partial charge < -0.3 is 10.1 Å². The predicted octanol–water partition coefficient (Wildman–Crippen LogP) is 6.73. The van der Waals surface area contributed by atoms with Gasteiger partial charge in [-0.15, -0.1) is 12.4 Å². The molecule has 196 valence electrons. The van der Waals surface area contributed by atoms with Crippen LogP contribution in [0.15, 0.2) is 104 Å². The Morgan fingerprint density at radius 3 is 1.72 bits per heavy atom. The second-order valence-corrected chi connectivity index (χ2v) is 9.55. The lowest BCUT2D eigenvalue weighted by molar-refractivity contribution is 0.208. The minimum atomic E-state index is 0. The van der Waals surface area contributed by atoms with E-state index in [-0.39, 0.29) is 12.4 Å². The molecule has 0 radical (unpaired) electrons. The van der Waals surface area contributed by atoms with Gasteiger partial charge in [0, 0.05) is 35.9 Å². The maximum absolute atomic E-state index is 6.15. The maximum Gasteiger partial charge on any atom is 0.232 e. The lowest BCUT2D eigenvalue weighted by Crippen LogP contribution is -2.30. The number of piperidine rings is 1. The summed E-state index contributed by atoms with van der Waals surface area (Å²) in [5.74, 6) is 1.10. The van der Waals surface area contributed by atoms with E-state index in [1.807, 2.05) is 24.5 Å². The van der Waals surface area contributed by atoms with Crippen molar-refractivity contribution in [1.82, 2.24) is 25.3 Å². The number of hydrogen-bond donors (Lipinski definition) is 1. The summed E-state index contributed by atoms with van der Waals surface area (Å²) in [4.78, 5) is 18.3. The molecule has 1 fully saturated rings. The van der Waals surface area contributed by atoms with Crippen molar-refractivity contribution in [2.75, 3.05) is 19.7 Å². The summed E-state index contributed by atoms with van der Waals surface area (Å²) in [6, 6.07) is 24.8. The summed E-state index contributed by atoms with van der Waals surface area (Å²) in [5, 5.41) is 3.41. The number of ether oxygens (including phenoxy) is 1. The van der Waals surface area contributed by atoms with Crippen molar-refractivity contribution < 1.29 is 4.74 Å². The fraction of sp³-hybridized carbons (Fsp3) is 0.188. The average molecular weight is 536 g/mol. The van der Waals surface area contributed by atoms with Crippen LogP contribution in [0.3, 0.4) is 0 Å². The van der Waals surface area contributed by atoms with Gasteiger partial charge in [-0.1, -0.05) is 60.7 Å². The molecule has 0 unspecified atom stereocenters. The molecule has 0 spiro atoms. The van der Waals surface area contributed by atoms with Crippen LogP contribution in [0, 0.1) is 5.92 Å². The van der Waals surface area contributed by atoms with Gasteiger partial charge in [0.25, 0.3) is 0 Å². The third-order valence-electron chi connectivity index (χ3n) is 6.98. The molecule has 39 heavy (non-hydrogen) atoms. The molecule has 7 heteroatoms. The molecule has 1 saturated heterocycles. The van der Waals surface area contributed by atoms with Crippen LogP contribution in [-0.2, 0) is 0 Å². The molecule has 0 bridgehead atoms. The summed E-state index contributed by atoms with van der Waals surface area (Å²) in [7, 11) is 0. The number of nitrogens with one attached hydrogen (secondary N) is 1. The number of nitrogens with zero attached hydrogens (tertiary/aromatic N) is 4. The van der Waals surface area contributed by atoms with E-state index in [1.54, 1.807) is 18.6 Å². The highest BCUT2D eigenvalue weighted by Gasteiger charge is 2.17. The Morgan fingerprint density at radius 2 is 1.18 bits per heavy atom. The predicted molar refractivity (Wildman–Crippen MR) is 158 cm³/mol. The third-order valence-corrected chi connectivity index (χ3v) is 6.98. The third kappa shape index (κ3) is 6.30. The molecule has 4 heterocycles. The largest absolute Gasteiger partial charge is 0.476 e. The summed E-state index contributed by atoms with van der Waals surface area (Å²) in [5.41, 5.74) is 8.00. The zero-order chi connectivity index (χ0) is 25.6. The van der Waals surface area contributed by atoms with Gasteiger partial charge in [0.1, 0.15) is 5.69 Å². The molecule has 1 aliphatic rings. The van der Waals surface area contributed by atoms with Crippen molar-refractivity contribution in [3.63, 3.8) is 0 Å². The molecule has 0 aliphatic carbocycles. The fourth-order valence-electron chi connectivity index (χ4n) is 4.81. The first-order chi connectivity index (χ1) is 18.8. The Kier molecular flexibility index (Phi) is 8.56. The molecular weight excluding hydrogens is 506 g/mol. The molecule has 1 aliphatic heterocycles. The molecule has 5 aromatic rings. The molecule has 3 aromatic heterocycles. The molecule has 0 saturated carbocycles. The Labute approximate surface area is 235 Å². The first-order valence-corrected chi connectivity index (χ1v) is 13.1. The fourth-order valence-corrected chi connectivity index (χ4v) is 4.81. The van der Waals surface area contributed by atoms with Gasteiger partial charge >= 0.3 is 0 Å². The first kappa shape index (κ1) is 26.5. The normalized spacial score (nSPS) is 13.4. The van der Waals surface area contributed by atoms with Crippen LogP contribution in [0.2, 0.25) is 0 Å². The average Bonchev–Trinajstić information content (AvgIpc) is 3.01. The van der Waals surface area contributed by atoms with E-state index in [1.165, 1.54) is 0 Å². The number of halogens is 1. The van der Waals surface area contributed by atoms with Gasteiger partial charge in [-0.05, 0) is 66.2 Å². The van der Waals surface area contributed by atoms with Crippen LogP contribution in [0.1, 0.15) is 12.8 Å². The van der Waals surface area contributed by atoms with E-state index in [0.29, 0.717) is 18.4 Å². The van der Waals surface area contributed by atoms with Crippen LogP contribution in [0.25, 0.3) is 44.8 Å². The van der Waals surface area contributed by atoms with Crippen LogP contribution in [0.5, 0.6) is 5.88 Å². The number of hydrogen-bond acceptors (Lipinski definition) is 6. The molecule has 0 atom stereocenters. The highest BCUT2D eigenvalue weighted by Crippen LogP contribution is 2.33. The molecule has 1 N–H and O–H groups in total. The van der Waals surface area contributed by atoms with Crippen molar-refractivity contribution >= 4 is 12.4 Å². The standard InChI is InChI=1S/C32H29N5O.ClH/c1-3-28(19-34-15-1)24-5-9-26(10-6-24)31-32(27-11-7-25(8-12-27)29-4-2-16-35-20-29)37-30(21-36-31)38-22-23-13-17-33-18-14-23;/h1-12,15-16,19-21,23,33H,13-14,17-18,22H2;1H. The lowest BCUT2D eigenvalue weighted by atomic mass is 9.99. The monoisotopic (exact) mass is 535 g/mol. The highest BCUT2D eigenvalue weighted by molar-refractivity contribution is 5.85. The molecule has 2 aromatic carbocycles. The van der Waals surface area contributed by atoms with E-state index >= 15 is 0 Å². The minimum absolute atomic E-state index is 0. The number of rotatable bonds is 7. The van der Waals surface area contributed by atoms with Crippen molar-refractivity contribution in [2.24, 2.45) is 5.92 Å². The SMILES string of the molecule is Cl.c1cncc(-c2ccc(-c3ncc(OCC4CCNCC4)nc3-c3ccc(-c4cccnc4)cc3)cc2)c1. The Morgan fingerprint density at radius 1 is 0.641 bits per heavy atom. The van der Waals surface area contributed by atoms with Gasteiger partial charge in [-0.3, -0.25) is 9.97 Å². The molecule has 0 amide bonds. The zero-order valence-corrected chi connectivity index (χ0v) is 22.3. The van der Waals surface area contributed by atoms with Crippen LogP contribution in [-0.4, -0.2) is 39.6 Å². The zero-order valence-electron chi connectivity index (χ0n) is 21.5. The van der Waals surface area contributed by atoms with E-state index in [0.717, 1.165) is 70.7 Å². The maximum atomic E-state index is 6.15. The van der Waals surface area contributed by atoms with Gasteiger partial charge in [0.05, 0.1) is 18.5 Å². The number of aromatic nitrogens is 4. The number of benzene rings is 2. The van der Waals surface area contributed by atoms with Gasteiger partial charge in [-0.2, -0.15) is 0 Å². The Hall–Kier alpha value is -4.13. The van der Waals surface area contributed by atoms with Crippen LogP contribution >= 0.6 is 12.4 Å². The summed E-state index contributed by atoms with van der Waals surface area (Å²) in [6.45, 7) is 2.75. The van der Waals surface area contributed by atoms with Crippen molar-refractivity contribution in [1.29, 1.82) is 0 Å². The molecule has 6 nitrogen and oxygen atoms in total. The van der Waals surface area contributed by atoms with Crippen molar-refractivity contribution in [2.45, 2.75) is 12.8 Å². The van der Waals surface area contributed by atoms with Gasteiger partial charge in [0.2, 0.25) is 5.88 Å². The topological polar surface area (TPSA) is 72.8 Å². The van der Waals surface area contributed by atoms with E-state index in [9.17, 15) is 0 Å².